The fourth-order valence-electron chi connectivity index (χ4n) is 0.770. The van der Waals surface area contributed by atoms with Gasteiger partial charge in [0.25, 0.3) is 0 Å². The summed E-state index contributed by atoms with van der Waals surface area (Å²) < 4.78 is 0. The van der Waals surface area contributed by atoms with Crippen LogP contribution in [0, 0.1) is 0 Å². The molecule has 1 heterocycles. The SMILES string of the molecule is NC1CC(N)NC(=S)N1.O. The van der Waals surface area contributed by atoms with Gasteiger partial charge in [0.15, 0.2) is 5.11 Å². The summed E-state index contributed by atoms with van der Waals surface area (Å²) in [5.74, 6) is 0. The van der Waals surface area contributed by atoms with Crippen molar-refractivity contribution in [3.63, 3.8) is 0 Å². The summed E-state index contributed by atoms with van der Waals surface area (Å²) in [4.78, 5) is 0. The van der Waals surface area contributed by atoms with Crippen LogP contribution in [0.2, 0.25) is 0 Å². The zero-order valence-electron chi connectivity index (χ0n) is 5.42. The predicted molar refractivity (Wildman–Crippen MR) is 43.1 cm³/mol. The lowest BCUT2D eigenvalue weighted by Gasteiger charge is -2.27. The van der Waals surface area contributed by atoms with Crippen LogP contribution in [0.3, 0.4) is 0 Å². The van der Waals surface area contributed by atoms with Crippen molar-refractivity contribution in [3.05, 3.63) is 0 Å². The zero-order chi connectivity index (χ0) is 6.85. The average molecular weight is 164 g/mol. The van der Waals surface area contributed by atoms with E-state index in [0.717, 1.165) is 0 Å². The predicted octanol–water partition coefficient (Wildman–Crippen LogP) is -2.40. The topological polar surface area (TPSA) is 108 Å². The van der Waals surface area contributed by atoms with Gasteiger partial charge < -0.3 is 27.6 Å². The number of hydrogen-bond donors (Lipinski definition) is 4. The van der Waals surface area contributed by atoms with Crippen molar-refractivity contribution in [3.8, 4) is 0 Å². The lowest BCUT2D eigenvalue weighted by Crippen LogP contribution is -2.60. The molecule has 0 aromatic carbocycles. The summed E-state index contributed by atoms with van der Waals surface area (Å²) >= 11 is 4.78. The van der Waals surface area contributed by atoms with Crippen molar-refractivity contribution in [2.75, 3.05) is 0 Å². The van der Waals surface area contributed by atoms with Gasteiger partial charge in [-0.25, -0.2) is 0 Å². The Morgan fingerprint density at radius 2 is 1.70 bits per heavy atom. The summed E-state index contributed by atoms with van der Waals surface area (Å²) in [6.07, 6.45) is 0.530. The zero-order valence-corrected chi connectivity index (χ0v) is 6.24. The summed E-state index contributed by atoms with van der Waals surface area (Å²) in [7, 11) is 0. The molecule has 2 unspecified atom stereocenters. The molecular formula is C4H12N4OS. The Morgan fingerprint density at radius 1 is 1.30 bits per heavy atom. The average Bonchev–Trinajstić information content (AvgIpc) is 1.59. The lowest BCUT2D eigenvalue weighted by atomic mass is 10.2. The van der Waals surface area contributed by atoms with E-state index in [2.05, 4.69) is 10.6 Å². The molecule has 1 saturated heterocycles. The maximum Gasteiger partial charge on any atom is 0.168 e. The maximum absolute atomic E-state index is 5.50. The minimum absolute atomic E-state index is 0. The van der Waals surface area contributed by atoms with Gasteiger partial charge in [-0.15, -0.1) is 0 Å². The Labute approximate surface area is 64.4 Å². The molecule has 0 aromatic rings. The summed E-state index contributed by atoms with van der Waals surface area (Å²) in [6.45, 7) is 0. The molecule has 0 bridgehead atoms. The number of nitrogens with two attached hydrogens (primary N) is 2. The van der Waals surface area contributed by atoms with Gasteiger partial charge in [-0.2, -0.15) is 0 Å². The molecule has 0 spiro atoms. The first-order valence-electron chi connectivity index (χ1n) is 2.76. The highest BCUT2D eigenvalue weighted by molar-refractivity contribution is 7.80. The van der Waals surface area contributed by atoms with Crippen molar-refractivity contribution in [2.45, 2.75) is 18.8 Å². The van der Waals surface area contributed by atoms with E-state index < -0.39 is 0 Å². The van der Waals surface area contributed by atoms with Crippen molar-refractivity contribution in [1.82, 2.24) is 10.6 Å². The highest BCUT2D eigenvalue weighted by Gasteiger charge is 2.16. The van der Waals surface area contributed by atoms with Crippen molar-refractivity contribution in [2.24, 2.45) is 11.5 Å². The molecule has 10 heavy (non-hydrogen) atoms. The van der Waals surface area contributed by atoms with Crippen LogP contribution < -0.4 is 22.1 Å². The second-order valence-corrected chi connectivity index (χ2v) is 2.47. The smallest absolute Gasteiger partial charge is 0.168 e. The molecule has 5 nitrogen and oxygen atoms in total. The van der Waals surface area contributed by atoms with Crippen LogP contribution in [0.15, 0.2) is 0 Å². The number of rotatable bonds is 0. The Bertz CT molecular complexity index is 118. The minimum Gasteiger partial charge on any atom is -0.412 e. The van der Waals surface area contributed by atoms with Crippen LogP contribution in [0.4, 0.5) is 0 Å². The van der Waals surface area contributed by atoms with Crippen LogP contribution in [-0.4, -0.2) is 22.9 Å². The van der Waals surface area contributed by atoms with Crippen LogP contribution in [0.5, 0.6) is 0 Å². The van der Waals surface area contributed by atoms with Crippen LogP contribution in [-0.2, 0) is 0 Å². The first-order chi connectivity index (χ1) is 4.18. The van der Waals surface area contributed by atoms with Gasteiger partial charge in [0.2, 0.25) is 0 Å². The van der Waals surface area contributed by atoms with Crippen molar-refractivity contribution in [1.29, 1.82) is 0 Å². The van der Waals surface area contributed by atoms with Gasteiger partial charge in [-0.05, 0) is 12.2 Å². The third-order valence-electron chi connectivity index (χ3n) is 1.14. The highest BCUT2D eigenvalue weighted by Crippen LogP contribution is 1.92. The first-order valence-corrected chi connectivity index (χ1v) is 3.17. The van der Waals surface area contributed by atoms with E-state index in [1.54, 1.807) is 0 Å². The second kappa shape index (κ2) is 3.67. The molecule has 0 radical (unpaired) electrons. The van der Waals surface area contributed by atoms with E-state index in [9.17, 15) is 0 Å². The number of nitrogens with one attached hydrogen (secondary N) is 2. The lowest BCUT2D eigenvalue weighted by molar-refractivity contribution is 0.440. The molecule has 2 atom stereocenters. The summed E-state index contributed by atoms with van der Waals surface area (Å²) in [6, 6.07) is 0. The fourth-order valence-corrected chi connectivity index (χ4v) is 1.07. The van der Waals surface area contributed by atoms with Crippen molar-refractivity contribution >= 4 is 17.3 Å². The highest BCUT2D eigenvalue weighted by atomic mass is 32.1. The van der Waals surface area contributed by atoms with Gasteiger partial charge in [0.1, 0.15) is 0 Å². The normalized spacial score (nSPS) is 31.6. The number of hydrogen-bond acceptors (Lipinski definition) is 3. The van der Waals surface area contributed by atoms with Gasteiger partial charge in [0.05, 0.1) is 12.3 Å². The Hall–Kier alpha value is -0.430. The van der Waals surface area contributed by atoms with Gasteiger partial charge >= 0.3 is 0 Å². The molecular weight excluding hydrogens is 152 g/mol. The Kier molecular flexibility index (Phi) is 3.51. The standard InChI is InChI=1S/C4H10N4S.H2O/c5-2-1-3(6)8-4(9)7-2;/h2-3H,1,5-6H2,(H2,7,8,9);1H2. The van der Waals surface area contributed by atoms with Crippen LogP contribution in [0.1, 0.15) is 6.42 Å². The van der Waals surface area contributed by atoms with E-state index in [1.807, 2.05) is 0 Å². The molecule has 1 aliphatic heterocycles. The Balaban J connectivity index is 0.000000810. The minimum atomic E-state index is -0.0891. The molecule has 1 rings (SSSR count). The Morgan fingerprint density at radius 3 is 2.00 bits per heavy atom. The fraction of sp³-hybridized carbons (Fsp3) is 0.750. The van der Waals surface area contributed by atoms with Crippen molar-refractivity contribution < 1.29 is 5.48 Å². The third kappa shape index (κ3) is 2.44. The van der Waals surface area contributed by atoms with Gasteiger partial charge in [0, 0.05) is 6.42 Å². The second-order valence-electron chi connectivity index (χ2n) is 2.07. The van der Waals surface area contributed by atoms with Gasteiger partial charge in [-0.3, -0.25) is 0 Å². The van der Waals surface area contributed by atoms with E-state index in [4.69, 9.17) is 23.7 Å². The van der Waals surface area contributed by atoms with E-state index in [1.165, 1.54) is 0 Å². The number of thiocarbonyl (C=S) groups is 1. The largest absolute Gasteiger partial charge is 0.412 e. The maximum atomic E-state index is 5.50. The molecule has 1 fully saturated rings. The third-order valence-corrected chi connectivity index (χ3v) is 1.38. The van der Waals surface area contributed by atoms with E-state index >= 15 is 0 Å². The molecule has 6 heteroatoms. The first kappa shape index (κ1) is 9.57. The van der Waals surface area contributed by atoms with E-state index in [0.29, 0.717) is 11.5 Å². The van der Waals surface area contributed by atoms with Gasteiger partial charge in [-0.1, -0.05) is 0 Å². The molecule has 8 N–H and O–H groups in total. The molecule has 1 aliphatic rings. The van der Waals surface area contributed by atoms with E-state index in [-0.39, 0.29) is 17.8 Å². The summed E-state index contributed by atoms with van der Waals surface area (Å²) in [5, 5.41) is 6.20. The summed E-state index contributed by atoms with van der Waals surface area (Å²) in [5.41, 5.74) is 11.0. The molecule has 0 aliphatic carbocycles. The molecule has 0 aromatic heterocycles. The molecule has 60 valence electrons. The van der Waals surface area contributed by atoms with Crippen LogP contribution >= 0.6 is 12.2 Å². The molecule has 0 saturated carbocycles. The monoisotopic (exact) mass is 164 g/mol. The quantitative estimate of drug-likeness (QED) is 0.298. The van der Waals surface area contributed by atoms with Crippen LogP contribution in [0.25, 0.3) is 0 Å². The molecule has 0 amide bonds.